The summed E-state index contributed by atoms with van der Waals surface area (Å²) in [6.07, 6.45) is 4.96. The summed E-state index contributed by atoms with van der Waals surface area (Å²) >= 11 is 0. The number of hydrogen-bond acceptors (Lipinski definition) is 4. The Bertz CT molecular complexity index is 356. The first-order chi connectivity index (χ1) is 7.62. The molecule has 0 atom stereocenters. The lowest BCUT2D eigenvalue weighted by molar-refractivity contribution is 0.0351. The van der Waals surface area contributed by atoms with Crippen LogP contribution in [0, 0.1) is 0 Å². The standard InChI is InChI=1S/C12H18N2O2/c1-12(16)3-6-14(7-4-12)11-2-5-13-8-10(11)9-15/h2,5,8,15-16H,3-4,6-7,9H2,1H3. The number of aromatic nitrogens is 1. The van der Waals surface area contributed by atoms with Crippen molar-refractivity contribution in [3.8, 4) is 0 Å². The minimum atomic E-state index is -0.539. The Hall–Kier alpha value is -1.13. The van der Waals surface area contributed by atoms with Crippen LogP contribution in [-0.2, 0) is 6.61 Å². The number of rotatable bonds is 2. The molecule has 16 heavy (non-hydrogen) atoms. The van der Waals surface area contributed by atoms with Crippen LogP contribution < -0.4 is 4.90 Å². The Kier molecular flexibility index (Phi) is 3.12. The molecule has 2 rings (SSSR count). The van der Waals surface area contributed by atoms with E-state index >= 15 is 0 Å². The summed E-state index contributed by atoms with van der Waals surface area (Å²) in [5.41, 5.74) is 1.35. The Morgan fingerprint density at radius 3 is 2.75 bits per heavy atom. The van der Waals surface area contributed by atoms with Gasteiger partial charge in [0.05, 0.1) is 12.2 Å². The molecule has 1 aromatic rings. The summed E-state index contributed by atoms with van der Waals surface area (Å²) in [5, 5.41) is 19.1. The maximum atomic E-state index is 9.88. The molecule has 1 saturated heterocycles. The monoisotopic (exact) mass is 222 g/mol. The van der Waals surface area contributed by atoms with Crippen molar-refractivity contribution in [2.45, 2.75) is 32.0 Å². The summed E-state index contributed by atoms with van der Waals surface area (Å²) < 4.78 is 0. The van der Waals surface area contributed by atoms with Gasteiger partial charge in [0.15, 0.2) is 0 Å². The van der Waals surface area contributed by atoms with Crippen molar-refractivity contribution in [3.63, 3.8) is 0 Å². The lowest BCUT2D eigenvalue weighted by Gasteiger charge is -2.37. The first kappa shape index (κ1) is 11.4. The quantitative estimate of drug-likeness (QED) is 0.781. The lowest BCUT2D eigenvalue weighted by atomic mass is 9.93. The lowest BCUT2D eigenvalue weighted by Crippen LogP contribution is -2.42. The van der Waals surface area contributed by atoms with E-state index in [4.69, 9.17) is 0 Å². The minimum Gasteiger partial charge on any atom is -0.392 e. The third-order valence-electron chi connectivity index (χ3n) is 3.23. The SMILES string of the molecule is CC1(O)CCN(c2ccncc2CO)CC1. The van der Waals surface area contributed by atoms with Gasteiger partial charge in [0.2, 0.25) is 0 Å². The maximum absolute atomic E-state index is 9.88. The van der Waals surface area contributed by atoms with Crippen LogP contribution in [0.15, 0.2) is 18.5 Å². The highest BCUT2D eigenvalue weighted by Crippen LogP contribution is 2.27. The van der Waals surface area contributed by atoms with E-state index in [0.29, 0.717) is 0 Å². The summed E-state index contributed by atoms with van der Waals surface area (Å²) in [6, 6.07) is 1.92. The molecule has 4 heteroatoms. The number of nitrogens with zero attached hydrogens (tertiary/aromatic N) is 2. The van der Waals surface area contributed by atoms with Gasteiger partial charge in [0, 0.05) is 36.7 Å². The van der Waals surface area contributed by atoms with E-state index in [2.05, 4.69) is 9.88 Å². The summed E-state index contributed by atoms with van der Waals surface area (Å²) in [5.74, 6) is 0. The van der Waals surface area contributed by atoms with Crippen LogP contribution >= 0.6 is 0 Å². The van der Waals surface area contributed by atoms with Crippen LogP contribution in [0.3, 0.4) is 0 Å². The highest BCUT2D eigenvalue weighted by molar-refractivity contribution is 5.52. The third kappa shape index (κ3) is 2.33. The van der Waals surface area contributed by atoms with Gasteiger partial charge in [-0.1, -0.05) is 0 Å². The van der Waals surface area contributed by atoms with E-state index in [0.717, 1.165) is 37.2 Å². The van der Waals surface area contributed by atoms with Gasteiger partial charge in [-0.05, 0) is 25.8 Å². The topological polar surface area (TPSA) is 56.6 Å². The third-order valence-corrected chi connectivity index (χ3v) is 3.23. The van der Waals surface area contributed by atoms with Crippen LogP contribution in [0.4, 0.5) is 5.69 Å². The van der Waals surface area contributed by atoms with Crippen molar-refractivity contribution in [2.24, 2.45) is 0 Å². The van der Waals surface area contributed by atoms with E-state index in [-0.39, 0.29) is 6.61 Å². The van der Waals surface area contributed by atoms with Crippen molar-refractivity contribution in [2.75, 3.05) is 18.0 Å². The Morgan fingerprint density at radius 2 is 2.12 bits per heavy atom. The average molecular weight is 222 g/mol. The molecule has 2 N–H and O–H groups in total. The molecule has 1 fully saturated rings. The molecular formula is C12H18N2O2. The van der Waals surface area contributed by atoms with Gasteiger partial charge in [0.1, 0.15) is 0 Å². The zero-order valence-electron chi connectivity index (χ0n) is 9.56. The molecule has 0 radical (unpaired) electrons. The second-order valence-corrected chi connectivity index (χ2v) is 4.65. The molecule has 0 spiro atoms. The van der Waals surface area contributed by atoms with E-state index in [1.165, 1.54) is 0 Å². The van der Waals surface area contributed by atoms with Crippen molar-refractivity contribution in [1.29, 1.82) is 0 Å². The zero-order chi connectivity index (χ0) is 11.6. The molecule has 1 aromatic heterocycles. The minimum absolute atomic E-state index is 0.00999. The molecule has 4 nitrogen and oxygen atoms in total. The Labute approximate surface area is 95.5 Å². The van der Waals surface area contributed by atoms with Gasteiger partial charge in [-0.3, -0.25) is 4.98 Å². The first-order valence-electron chi connectivity index (χ1n) is 5.63. The molecule has 0 saturated carbocycles. The van der Waals surface area contributed by atoms with Crippen LogP contribution in [0.25, 0.3) is 0 Å². The fraction of sp³-hybridized carbons (Fsp3) is 0.583. The number of pyridine rings is 1. The van der Waals surface area contributed by atoms with Gasteiger partial charge < -0.3 is 15.1 Å². The van der Waals surface area contributed by atoms with Crippen LogP contribution in [0.2, 0.25) is 0 Å². The zero-order valence-corrected chi connectivity index (χ0v) is 9.56. The first-order valence-corrected chi connectivity index (χ1v) is 5.63. The van der Waals surface area contributed by atoms with Crippen molar-refractivity contribution < 1.29 is 10.2 Å². The predicted octanol–water partition coefficient (Wildman–Crippen LogP) is 0.925. The number of aliphatic hydroxyl groups excluding tert-OH is 1. The molecule has 0 unspecified atom stereocenters. The number of aliphatic hydroxyl groups is 2. The second-order valence-electron chi connectivity index (χ2n) is 4.65. The fourth-order valence-corrected chi connectivity index (χ4v) is 2.08. The van der Waals surface area contributed by atoms with Gasteiger partial charge in [-0.15, -0.1) is 0 Å². The smallest absolute Gasteiger partial charge is 0.0717 e. The van der Waals surface area contributed by atoms with Crippen molar-refractivity contribution >= 4 is 5.69 Å². The molecule has 0 aromatic carbocycles. The van der Waals surface area contributed by atoms with Gasteiger partial charge in [-0.25, -0.2) is 0 Å². The number of piperidine rings is 1. The summed E-state index contributed by atoms with van der Waals surface area (Å²) in [4.78, 5) is 6.20. The van der Waals surface area contributed by atoms with Crippen LogP contribution in [0.1, 0.15) is 25.3 Å². The molecule has 0 amide bonds. The highest BCUT2D eigenvalue weighted by Gasteiger charge is 2.27. The maximum Gasteiger partial charge on any atom is 0.0717 e. The molecular weight excluding hydrogens is 204 g/mol. The molecule has 2 heterocycles. The van der Waals surface area contributed by atoms with E-state index < -0.39 is 5.60 Å². The van der Waals surface area contributed by atoms with E-state index in [1.54, 1.807) is 12.4 Å². The fourth-order valence-electron chi connectivity index (χ4n) is 2.08. The Balaban J connectivity index is 2.14. The summed E-state index contributed by atoms with van der Waals surface area (Å²) in [6.45, 7) is 3.54. The normalized spacial score (nSPS) is 19.8. The van der Waals surface area contributed by atoms with E-state index in [1.807, 2.05) is 13.0 Å². The molecule has 0 aliphatic carbocycles. The Morgan fingerprint density at radius 1 is 1.44 bits per heavy atom. The molecule has 0 bridgehead atoms. The largest absolute Gasteiger partial charge is 0.392 e. The van der Waals surface area contributed by atoms with Crippen LogP contribution in [-0.4, -0.2) is 33.9 Å². The van der Waals surface area contributed by atoms with Gasteiger partial charge >= 0.3 is 0 Å². The van der Waals surface area contributed by atoms with Crippen molar-refractivity contribution in [3.05, 3.63) is 24.0 Å². The molecule has 1 aliphatic heterocycles. The van der Waals surface area contributed by atoms with Crippen molar-refractivity contribution in [1.82, 2.24) is 4.98 Å². The average Bonchev–Trinajstić information content (AvgIpc) is 2.29. The highest BCUT2D eigenvalue weighted by atomic mass is 16.3. The molecule has 88 valence electrons. The second kappa shape index (κ2) is 4.39. The number of anilines is 1. The van der Waals surface area contributed by atoms with Crippen LogP contribution in [0.5, 0.6) is 0 Å². The predicted molar refractivity (Wildman–Crippen MR) is 62.2 cm³/mol. The molecule has 1 aliphatic rings. The number of hydrogen-bond donors (Lipinski definition) is 2. The summed E-state index contributed by atoms with van der Waals surface area (Å²) in [7, 11) is 0. The van der Waals surface area contributed by atoms with Gasteiger partial charge in [-0.2, -0.15) is 0 Å². The van der Waals surface area contributed by atoms with Gasteiger partial charge in [0.25, 0.3) is 0 Å². The van der Waals surface area contributed by atoms with E-state index in [9.17, 15) is 10.2 Å².